The Hall–Kier alpha value is -1.65. The molecule has 5 heteroatoms. The van der Waals surface area contributed by atoms with Gasteiger partial charge in [0.25, 0.3) is 0 Å². The molecule has 1 aromatic heterocycles. The minimum Gasteiger partial charge on any atom is -0.477 e. The summed E-state index contributed by atoms with van der Waals surface area (Å²) in [5.74, 6) is 0.199. The Bertz CT molecular complexity index is 416. The number of hydrogen-bond donors (Lipinski definition) is 1. The van der Waals surface area contributed by atoms with Crippen molar-refractivity contribution in [2.75, 3.05) is 18.5 Å². The third-order valence-electron chi connectivity index (χ3n) is 3.54. The van der Waals surface area contributed by atoms with Gasteiger partial charge in [0.1, 0.15) is 17.7 Å². The molecule has 0 spiro atoms. The number of carboxylic acid groups (broad SMARTS) is 1. The first kappa shape index (κ1) is 12.8. The molecule has 0 amide bonds. The van der Waals surface area contributed by atoms with E-state index in [1.54, 1.807) is 0 Å². The normalized spacial score (nSPS) is 16.5. The van der Waals surface area contributed by atoms with Crippen LogP contribution in [0.1, 0.15) is 42.5 Å². The molecule has 0 aromatic carbocycles. The molecule has 2 rings (SSSR count). The van der Waals surface area contributed by atoms with Gasteiger partial charge in [-0.3, -0.25) is 0 Å². The monoisotopic (exact) mass is 249 g/mol. The third kappa shape index (κ3) is 2.97. The summed E-state index contributed by atoms with van der Waals surface area (Å²) < 4.78 is 0. The van der Waals surface area contributed by atoms with Crippen LogP contribution in [0.15, 0.2) is 12.5 Å². The van der Waals surface area contributed by atoms with Crippen molar-refractivity contribution < 1.29 is 9.90 Å². The summed E-state index contributed by atoms with van der Waals surface area (Å²) in [5.41, 5.74) is 0.177. The van der Waals surface area contributed by atoms with E-state index in [-0.39, 0.29) is 5.56 Å². The maximum atomic E-state index is 11.1. The predicted octanol–water partition coefficient (Wildman–Crippen LogP) is 2.19. The van der Waals surface area contributed by atoms with E-state index in [1.807, 2.05) is 11.9 Å². The first-order valence-electron chi connectivity index (χ1n) is 6.43. The van der Waals surface area contributed by atoms with E-state index in [0.717, 1.165) is 6.54 Å². The second-order valence-electron chi connectivity index (χ2n) is 4.95. The molecule has 18 heavy (non-hydrogen) atoms. The van der Waals surface area contributed by atoms with E-state index in [4.69, 9.17) is 5.11 Å². The molecular weight excluding hydrogens is 230 g/mol. The fourth-order valence-electron chi connectivity index (χ4n) is 2.62. The highest BCUT2D eigenvalue weighted by molar-refractivity contribution is 5.92. The quantitative estimate of drug-likeness (QED) is 0.886. The van der Waals surface area contributed by atoms with E-state index in [9.17, 15) is 4.79 Å². The summed E-state index contributed by atoms with van der Waals surface area (Å²) in [7, 11) is 1.91. The number of nitrogens with zero attached hydrogens (tertiary/aromatic N) is 3. The van der Waals surface area contributed by atoms with Gasteiger partial charge in [-0.25, -0.2) is 14.8 Å². The fraction of sp³-hybridized carbons (Fsp3) is 0.615. The highest BCUT2D eigenvalue weighted by Gasteiger charge is 2.19. The van der Waals surface area contributed by atoms with Gasteiger partial charge >= 0.3 is 5.97 Å². The first-order chi connectivity index (χ1) is 8.68. The van der Waals surface area contributed by atoms with Crippen LogP contribution in [0.3, 0.4) is 0 Å². The van der Waals surface area contributed by atoms with Crippen LogP contribution in [0.2, 0.25) is 0 Å². The predicted molar refractivity (Wildman–Crippen MR) is 68.8 cm³/mol. The second kappa shape index (κ2) is 5.80. The number of aromatic nitrogens is 2. The topological polar surface area (TPSA) is 66.3 Å². The number of anilines is 1. The SMILES string of the molecule is CN(CC1CCCCC1)c1ncncc1C(=O)O. The van der Waals surface area contributed by atoms with Crippen LogP contribution in [0.25, 0.3) is 0 Å². The molecule has 1 N–H and O–H groups in total. The van der Waals surface area contributed by atoms with Crippen LogP contribution in [-0.4, -0.2) is 34.6 Å². The van der Waals surface area contributed by atoms with Crippen molar-refractivity contribution in [3.63, 3.8) is 0 Å². The molecule has 0 saturated heterocycles. The zero-order chi connectivity index (χ0) is 13.0. The van der Waals surface area contributed by atoms with Crippen molar-refractivity contribution in [1.82, 2.24) is 9.97 Å². The Balaban J connectivity index is 2.08. The summed E-state index contributed by atoms with van der Waals surface area (Å²) in [4.78, 5) is 20.9. The zero-order valence-electron chi connectivity index (χ0n) is 10.7. The molecule has 0 radical (unpaired) electrons. The van der Waals surface area contributed by atoms with E-state index in [0.29, 0.717) is 11.7 Å². The van der Waals surface area contributed by atoms with Crippen molar-refractivity contribution in [2.45, 2.75) is 32.1 Å². The van der Waals surface area contributed by atoms with Gasteiger partial charge in [0.2, 0.25) is 0 Å². The Morgan fingerprint density at radius 2 is 2.17 bits per heavy atom. The van der Waals surface area contributed by atoms with E-state index in [2.05, 4.69) is 9.97 Å². The van der Waals surface area contributed by atoms with Gasteiger partial charge in [-0.1, -0.05) is 19.3 Å². The maximum absolute atomic E-state index is 11.1. The van der Waals surface area contributed by atoms with Crippen LogP contribution >= 0.6 is 0 Å². The molecule has 5 nitrogen and oxygen atoms in total. The maximum Gasteiger partial charge on any atom is 0.341 e. The molecule has 0 atom stereocenters. The van der Waals surface area contributed by atoms with Crippen LogP contribution in [0, 0.1) is 5.92 Å². The first-order valence-corrected chi connectivity index (χ1v) is 6.43. The number of hydrogen-bond acceptors (Lipinski definition) is 4. The minimum absolute atomic E-state index is 0.177. The Labute approximate surface area is 107 Å². The Morgan fingerprint density at radius 1 is 1.44 bits per heavy atom. The highest BCUT2D eigenvalue weighted by atomic mass is 16.4. The zero-order valence-corrected chi connectivity index (χ0v) is 10.7. The van der Waals surface area contributed by atoms with Gasteiger partial charge in [-0.05, 0) is 18.8 Å². The van der Waals surface area contributed by atoms with Gasteiger partial charge in [-0.2, -0.15) is 0 Å². The van der Waals surface area contributed by atoms with E-state index in [1.165, 1.54) is 44.6 Å². The summed E-state index contributed by atoms with van der Waals surface area (Å²) >= 11 is 0. The lowest BCUT2D eigenvalue weighted by atomic mass is 9.89. The molecular formula is C13H19N3O2. The number of carbonyl (C=O) groups is 1. The summed E-state index contributed by atoms with van der Waals surface area (Å²) in [6.07, 6.45) is 9.13. The molecule has 0 aliphatic heterocycles. The van der Waals surface area contributed by atoms with Crippen molar-refractivity contribution in [3.8, 4) is 0 Å². The van der Waals surface area contributed by atoms with Gasteiger partial charge < -0.3 is 10.0 Å². The minimum atomic E-state index is -0.971. The molecule has 98 valence electrons. The van der Waals surface area contributed by atoms with Crippen molar-refractivity contribution >= 4 is 11.8 Å². The van der Waals surface area contributed by atoms with Crippen molar-refractivity contribution in [1.29, 1.82) is 0 Å². The lowest BCUT2D eigenvalue weighted by molar-refractivity contribution is 0.0696. The summed E-state index contributed by atoms with van der Waals surface area (Å²) in [6.45, 7) is 0.872. The third-order valence-corrected chi connectivity index (χ3v) is 3.54. The lowest BCUT2D eigenvalue weighted by Crippen LogP contribution is -2.29. The van der Waals surface area contributed by atoms with Crippen molar-refractivity contribution in [2.24, 2.45) is 5.92 Å². The molecule has 1 saturated carbocycles. The lowest BCUT2D eigenvalue weighted by Gasteiger charge is -2.28. The fourth-order valence-corrected chi connectivity index (χ4v) is 2.62. The highest BCUT2D eigenvalue weighted by Crippen LogP contribution is 2.26. The average molecular weight is 249 g/mol. The van der Waals surface area contributed by atoms with Gasteiger partial charge in [0, 0.05) is 19.8 Å². The number of carboxylic acids is 1. The average Bonchev–Trinajstić information content (AvgIpc) is 2.40. The smallest absolute Gasteiger partial charge is 0.341 e. The summed E-state index contributed by atoms with van der Waals surface area (Å²) in [5, 5.41) is 9.11. The van der Waals surface area contributed by atoms with Crippen LogP contribution in [0.5, 0.6) is 0 Å². The molecule has 0 bridgehead atoms. The van der Waals surface area contributed by atoms with Crippen LogP contribution < -0.4 is 4.90 Å². The standard InChI is InChI=1S/C13H19N3O2/c1-16(8-10-5-3-2-4-6-10)12-11(13(17)18)7-14-9-15-12/h7,9-10H,2-6,8H2,1H3,(H,17,18). The molecule has 0 unspecified atom stereocenters. The Morgan fingerprint density at radius 3 is 2.83 bits per heavy atom. The Kier molecular flexibility index (Phi) is 4.12. The molecule has 1 heterocycles. The largest absolute Gasteiger partial charge is 0.477 e. The second-order valence-corrected chi connectivity index (χ2v) is 4.95. The molecule has 1 aliphatic carbocycles. The van der Waals surface area contributed by atoms with Crippen LogP contribution in [-0.2, 0) is 0 Å². The number of aromatic carboxylic acids is 1. The molecule has 1 aliphatic rings. The molecule has 1 fully saturated rings. The number of rotatable bonds is 4. The van der Waals surface area contributed by atoms with Gasteiger partial charge in [-0.15, -0.1) is 0 Å². The summed E-state index contributed by atoms with van der Waals surface area (Å²) in [6, 6.07) is 0. The van der Waals surface area contributed by atoms with Gasteiger partial charge in [0.15, 0.2) is 0 Å². The van der Waals surface area contributed by atoms with Gasteiger partial charge in [0.05, 0.1) is 0 Å². The van der Waals surface area contributed by atoms with E-state index >= 15 is 0 Å². The van der Waals surface area contributed by atoms with Crippen LogP contribution in [0.4, 0.5) is 5.82 Å². The molecule has 1 aromatic rings. The van der Waals surface area contributed by atoms with E-state index < -0.39 is 5.97 Å². The van der Waals surface area contributed by atoms with Crippen molar-refractivity contribution in [3.05, 3.63) is 18.1 Å².